The number of carboxylic acid groups (broad SMARTS) is 1. The van der Waals surface area contributed by atoms with Crippen molar-refractivity contribution >= 4 is 17.6 Å². The third-order valence-electron chi connectivity index (χ3n) is 3.92. The van der Waals surface area contributed by atoms with E-state index in [4.69, 9.17) is 5.11 Å². The Morgan fingerprint density at radius 2 is 1.88 bits per heavy atom. The Hall–Kier alpha value is -2.82. The number of anilines is 1. The molecule has 0 bridgehead atoms. The SMILES string of the molecule is CCc1ccccc1NCc1cccc(C(=O)NCCCC(=O)O)c1. The van der Waals surface area contributed by atoms with E-state index >= 15 is 0 Å². The maximum absolute atomic E-state index is 12.1. The number of carbonyl (C=O) groups excluding carboxylic acids is 1. The van der Waals surface area contributed by atoms with Crippen molar-refractivity contribution in [3.63, 3.8) is 0 Å². The molecule has 0 saturated heterocycles. The van der Waals surface area contributed by atoms with E-state index in [2.05, 4.69) is 29.7 Å². The first kappa shape index (κ1) is 18.5. The molecule has 0 fully saturated rings. The Balaban J connectivity index is 1.92. The van der Waals surface area contributed by atoms with Gasteiger partial charge in [-0.1, -0.05) is 37.3 Å². The average molecular weight is 340 g/mol. The number of nitrogens with one attached hydrogen (secondary N) is 2. The number of hydrogen-bond donors (Lipinski definition) is 3. The first-order chi connectivity index (χ1) is 12.1. The molecule has 0 aliphatic rings. The quantitative estimate of drug-likeness (QED) is 0.611. The number of para-hydroxylation sites is 1. The van der Waals surface area contributed by atoms with Crippen LogP contribution in [0.2, 0.25) is 0 Å². The number of carboxylic acids is 1. The van der Waals surface area contributed by atoms with Gasteiger partial charge in [0.25, 0.3) is 5.91 Å². The van der Waals surface area contributed by atoms with Crippen molar-refractivity contribution in [3.8, 4) is 0 Å². The summed E-state index contributed by atoms with van der Waals surface area (Å²) in [4.78, 5) is 22.6. The summed E-state index contributed by atoms with van der Waals surface area (Å²) in [7, 11) is 0. The number of benzene rings is 2. The molecular formula is C20H24N2O3. The molecule has 0 aliphatic heterocycles. The molecule has 25 heavy (non-hydrogen) atoms. The van der Waals surface area contributed by atoms with E-state index in [1.165, 1.54) is 5.56 Å². The summed E-state index contributed by atoms with van der Waals surface area (Å²) < 4.78 is 0. The van der Waals surface area contributed by atoms with Gasteiger partial charge in [-0.3, -0.25) is 9.59 Å². The molecule has 0 atom stereocenters. The van der Waals surface area contributed by atoms with Crippen LogP contribution < -0.4 is 10.6 Å². The van der Waals surface area contributed by atoms with Crippen molar-refractivity contribution < 1.29 is 14.7 Å². The number of aryl methyl sites for hydroxylation is 1. The molecule has 2 rings (SSSR count). The highest BCUT2D eigenvalue weighted by atomic mass is 16.4. The molecule has 0 heterocycles. The Morgan fingerprint density at radius 3 is 2.64 bits per heavy atom. The molecule has 0 unspecified atom stereocenters. The lowest BCUT2D eigenvalue weighted by Gasteiger charge is -2.11. The van der Waals surface area contributed by atoms with E-state index < -0.39 is 5.97 Å². The summed E-state index contributed by atoms with van der Waals surface area (Å²) in [5.74, 6) is -1.03. The fraction of sp³-hybridized carbons (Fsp3) is 0.300. The third kappa shape index (κ3) is 5.95. The largest absolute Gasteiger partial charge is 0.481 e. The fourth-order valence-electron chi connectivity index (χ4n) is 2.56. The molecule has 132 valence electrons. The summed E-state index contributed by atoms with van der Waals surface area (Å²) in [6.45, 7) is 3.12. The minimum Gasteiger partial charge on any atom is -0.481 e. The molecule has 1 amide bonds. The van der Waals surface area contributed by atoms with Crippen LogP contribution in [0.25, 0.3) is 0 Å². The minimum atomic E-state index is -0.852. The van der Waals surface area contributed by atoms with Gasteiger partial charge in [0, 0.05) is 30.8 Å². The van der Waals surface area contributed by atoms with E-state index in [0.717, 1.165) is 17.7 Å². The molecular weight excluding hydrogens is 316 g/mol. The van der Waals surface area contributed by atoms with Gasteiger partial charge >= 0.3 is 5.97 Å². The first-order valence-corrected chi connectivity index (χ1v) is 8.51. The maximum Gasteiger partial charge on any atom is 0.303 e. The van der Waals surface area contributed by atoms with Crippen molar-refractivity contribution in [2.45, 2.75) is 32.7 Å². The van der Waals surface area contributed by atoms with E-state index in [9.17, 15) is 9.59 Å². The van der Waals surface area contributed by atoms with Crippen molar-refractivity contribution in [1.82, 2.24) is 5.32 Å². The number of aliphatic carboxylic acids is 1. The second-order valence-corrected chi connectivity index (χ2v) is 5.82. The highest BCUT2D eigenvalue weighted by Gasteiger charge is 2.07. The molecule has 2 aromatic rings. The Labute approximate surface area is 148 Å². The van der Waals surface area contributed by atoms with Gasteiger partial charge in [-0.15, -0.1) is 0 Å². The van der Waals surface area contributed by atoms with E-state index in [0.29, 0.717) is 25.1 Å². The van der Waals surface area contributed by atoms with Crippen LogP contribution in [0.3, 0.4) is 0 Å². The van der Waals surface area contributed by atoms with Crippen molar-refractivity contribution in [2.24, 2.45) is 0 Å². The summed E-state index contributed by atoms with van der Waals surface area (Å²) in [5.41, 5.74) is 3.96. The fourth-order valence-corrected chi connectivity index (χ4v) is 2.56. The first-order valence-electron chi connectivity index (χ1n) is 8.51. The summed E-state index contributed by atoms with van der Waals surface area (Å²) in [6, 6.07) is 15.6. The van der Waals surface area contributed by atoms with Gasteiger partial charge in [-0.25, -0.2) is 0 Å². The highest BCUT2D eigenvalue weighted by molar-refractivity contribution is 5.94. The summed E-state index contributed by atoms with van der Waals surface area (Å²) in [5, 5.41) is 14.8. The van der Waals surface area contributed by atoms with Gasteiger partial charge in [-0.2, -0.15) is 0 Å². The van der Waals surface area contributed by atoms with Crippen LogP contribution in [0.4, 0.5) is 5.69 Å². The summed E-state index contributed by atoms with van der Waals surface area (Å²) in [6.07, 6.45) is 1.44. The molecule has 3 N–H and O–H groups in total. The van der Waals surface area contributed by atoms with Crippen LogP contribution in [0.1, 0.15) is 41.3 Å². The molecule has 0 aromatic heterocycles. The summed E-state index contributed by atoms with van der Waals surface area (Å²) >= 11 is 0. The van der Waals surface area contributed by atoms with Gasteiger partial charge in [-0.05, 0) is 42.2 Å². The zero-order valence-electron chi connectivity index (χ0n) is 14.4. The van der Waals surface area contributed by atoms with Crippen LogP contribution in [-0.2, 0) is 17.8 Å². The number of amides is 1. The monoisotopic (exact) mass is 340 g/mol. The Morgan fingerprint density at radius 1 is 1.08 bits per heavy atom. The van der Waals surface area contributed by atoms with E-state index in [-0.39, 0.29) is 12.3 Å². The normalized spacial score (nSPS) is 10.3. The van der Waals surface area contributed by atoms with Gasteiger partial charge in [0.15, 0.2) is 0 Å². The highest BCUT2D eigenvalue weighted by Crippen LogP contribution is 2.17. The van der Waals surface area contributed by atoms with Gasteiger partial charge < -0.3 is 15.7 Å². The topological polar surface area (TPSA) is 78.4 Å². The molecule has 0 radical (unpaired) electrons. The predicted octanol–water partition coefficient (Wildman–Crippen LogP) is 3.46. The van der Waals surface area contributed by atoms with Crippen molar-refractivity contribution in [1.29, 1.82) is 0 Å². The second kappa shape index (κ2) is 9.47. The molecule has 0 aliphatic carbocycles. The number of carbonyl (C=O) groups is 2. The van der Waals surface area contributed by atoms with Crippen LogP contribution in [0.15, 0.2) is 48.5 Å². The standard InChI is InChI=1S/C20H24N2O3/c1-2-16-8-3-4-10-18(16)22-14-15-7-5-9-17(13-15)20(25)21-12-6-11-19(23)24/h3-5,7-10,13,22H,2,6,11-12,14H2,1H3,(H,21,25)(H,23,24). The average Bonchev–Trinajstić information content (AvgIpc) is 2.63. The van der Waals surface area contributed by atoms with Crippen molar-refractivity contribution in [2.75, 3.05) is 11.9 Å². The molecule has 0 spiro atoms. The van der Waals surface area contributed by atoms with Crippen LogP contribution in [-0.4, -0.2) is 23.5 Å². The van der Waals surface area contributed by atoms with Crippen molar-refractivity contribution in [3.05, 3.63) is 65.2 Å². The van der Waals surface area contributed by atoms with Gasteiger partial charge in [0.05, 0.1) is 0 Å². The smallest absolute Gasteiger partial charge is 0.303 e. The third-order valence-corrected chi connectivity index (χ3v) is 3.92. The van der Waals surface area contributed by atoms with Gasteiger partial charge in [0.1, 0.15) is 0 Å². The molecule has 5 heteroatoms. The molecule has 0 saturated carbocycles. The van der Waals surface area contributed by atoms with Crippen LogP contribution >= 0.6 is 0 Å². The second-order valence-electron chi connectivity index (χ2n) is 5.82. The zero-order valence-corrected chi connectivity index (χ0v) is 14.4. The zero-order chi connectivity index (χ0) is 18.1. The predicted molar refractivity (Wildman–Crippen MR) is 98.8 cm³/mol. The maximum atomic E-state index is 12.1. The number of hydrogen-bond acceptors (Lipinski definition) is 3. The van der Waals surface area contributed by atoms with Crippen LogP contribution in [0.5, 0.6) is 0 Å². The Kier molecular flexibility index (Phi) is 7.01. The lowest BCUT2D eigenvalue weighted by molar-refractivity contribution is -0.137. The van der Waals surface area contributed by atoms with Gasteiger partial charge in [0.2, 0.25) is 0 Å². The lowest BCUT2D eigenvalue weighted by atomic mass is 10.1. The molecule has 5 nitrogen and oxygen atoms in total. The Bertz CT molecular complexity index is 728. The van der Waals surface area contributed by atoms with E-state index in [1.54, 1.807) is 6.07 Å². The number of rotatable bonds is 9. The molecule has 2 aromatic carbocycles. The van der Waals surface area contributed by atoms with Crippen LogP contribution in [0, 0.1) is 0 Å². The van der Waals surface area contributed by atoms with E-state index in [1.807, 2.05) is 30.3 Å². The minimum absolute atomic E-state index is 0.0566. The lowest BCUT2D eigenvalue weighted by Crippen LogP contribution is -2.25.